The Morgan fingerprint density at radius 3 is 0.950 bits per heavy atom. The molecule has 40 heavy (non-hydrogen) atoms. The van der Waals surface area contributed by atoms with Gasteiger partial charge in [0, 0.05) is 0 Å². The van der Waals surface area contributed by atoms with Crippen LogP contribution >= 0.6 is 0 Å². The SMILES string of the molecule is CCCCCCCC/C=C\CCCCCCC(C(=O)O)C(CCCCCCCCCCCCCCCC)C(=O)O. The summed E-state index contributed by atoms with van der Waals surface area (Å²) in [5, 5.41) is 19.5. The van der Waals surface area contributed by atoms with Crippen LogP contribution < -0.4 is 0 Å². The monoisotopic (exact) mass is 565 g/mol. The van der Waals surface area contributed by atoms with Crippen LogP contribution in [-0.2, 0) is 9.59 Å². The van der Waals surface area contributed by atoms with Gasteiger partial charge in [0.1, 0.15) is 0 Å². The highest BCUT2D eigenvalue weighted by Gasteiger charge is 2.32. The van der Waals surface area contributed by atoms with E-state index in [2.05, 4.69) is 26.0 Å². The minimum Gasteiger partial charge on any atom is -0.481 e. The summed E-state index contributed by atoms with van der Waals surface area (Å²) in [6.45, 7) is 4.51. The average Bonchev–Trinajstić information content (AvgIpc) is 2.93. The lowest BCUT2D eigenvalue weighted by atomic mass is 9.84. The van der Waals surface area contributed by atoms with Gasteiger partial charge in [0.25, 0.3) is 0 Å². The van der Waals surface area contributed by atoms with Crippen molar-refractivity contribution in [3.05, 3.63) is 12.2 Å². The molecule has 2 atom stereocenters. The Hall–Kier alpha value is -1.32. The van der Waals surface area contributed by atoms with Gasteiger partial charge in [-0.05, 0) is 38.5 Å². The van der Waals surface area contributed by atoms with Crippen molar-refractivity contribution < 1.29 is 19.8 Å². The molecule has 0 aliphatic carbocycles. The molecule has 0 fully saturated rings. The van der Waals surface area contributed by atoms with Crippen LogP contribution in [0.3, 0.4) is 0 Å². The van der Waals surface area contributed by atoms with Crippen molar-refractivity contribution in [1.29, 1.82) is 0 Å². The van der Waals surface area contributed by atoms with Gasteiger partial charge in [0.15, 0.2) is 0 Å². The molecule has 0 bridgehead atoms. The van der Waals surface area contributed by atoms with Crippen LogP contribution in [0.5, 0.6) is 0 Å². The van der Waals surface area contributed by atoms with Crippen molar-refractivity contribution in [2.75, 3.05) is 0 Å². The molecular weight excluding hydrogens is 496 g/mol. The smallest absolute Gasteiger partial charge is 0.307 e. The van der Waals surface area contributed by atoms with Crippen LogP contribution in [0.2, 0.25) is 0 Å². The molecule has 236 valence electrons. The van der Waals surface area contributed by atoms with E-state index in [1.54, 1.807) is 0 Å². The summed E-state index contributed by atoms with van der Waals surface area (Å²) in [5.74, 6) is -3.37. The molecule has 0 amide bonds. The summed E-state index contributed by atoms with van der Waals surface area (Å²) in [5.41, 5.74) is 0. The van der Waals surface area contributed by atoms with Crippen molar-refractivity contribution in [3.63, 3.8) is 0 Å². The highest BCUT2D eigenvalue weighted by Crippen LogP contribution is 2.26. The molecule has 0 saturated carbocycles. The number of hydrogen-bond donors (Lipinski definition) is 2. The van der Waals surface area contributed by atoms with Gasteiger partial charge in [0.2, 0.25) is 0 Å². The van der Waals surface area contributed by atoms with Crippen LogP contribution in [0, 0.1) is 11.8 Å². The second-order valence-electron chi connectivity index (χ2n) is 12.3. The lowest BCUT2D eigenvalue weighted by molar-refractivity contribution is -0.154. The zero-order chi connectivity index (χ0) is 29.5. The summed E-state index contributed by atoms with van der Waals surface area (Å²) in [6.07, 6.45) is 37.6. The van der Waals surface area contributed by atoms with E-state index < -0.39 is 23.8 Å². The van der Waals surface area contributed by atoms with E-state index in [0.717, 1.165) is 51.4 Å². The Bertz CT molecular complexity index is 585. The topological polar surface area (TPSA) is 74.6 Å². The number of aliphatic carboxylic acids is 2. The van der Waals surface area contributed by atoms with Crippen LogP contribution in [-0.4, -0.2) is 22.2 Å². The molecule has 0 aromatic heterocycles. The van der Waals surface area contributed by atoms with E-state index in [-0.39, 0.29) is 0 Å². The third-order valence-electron chi connectivity index (χ3n) is 8.52. The van der Waals surface area contributed by atoms with Crippen LogP contribution in [0.25, 0.3) is 0 Å². The summed E-state index contributed by atoms with van der Waals surface area (Å²) < 4.78 is 0. The quantitative estimate of drug-likeness (QED) is 0.0629. The third-order valence-corrected chi connectivity index (χ3v) is 8.52. The maximum atomic E-state index is 11.9. The molecule has 0 aliphatic heterocycles. The molecular formula is C36H68O4. The van der Waals surface area contributed by atoms with Crippen molar-refractivity contribution >= 4 is 11.9 Å². The molecule has 0 saturated heterocycles. The van der Waals surface area contributed by atoms with Gasteiger partial charge in [-0.15, -0.1) is 0 Å². The molecule has 0 aromatic rings. The van der Waals surface area contributed by atoms with Gasteiger partial charge < -0.3 is 10.2 Å². The molecule has 4 heteroatoms. The number of carboxylic acid groups (broad SMARTS) is 2. The highest BCUT2D eigenvalue weighted by molar-refractivity contribution is 5.79. The van der Waals surface area contributed by atoms with Gasteiger partial charge in [-0.3, -0.25) is 9.59 Å². The number of hydrogen-bond acceptors (Lipinski definition) is 2. The zero-order valence-electron chi connectivity index (χ0n) is 26.8. The number of rotatable bonds is 32. The highest BCUT2D eigenvalue weighted by atomic mass is 16.4. The Kier molecular flexibility index (Phi) is 29.6. The minimum atomic E-state index is -0.935. The minimum absolute atomic E-state index is 0.485. The fourth-order valence-corrected chi connectivity index (χ4v) is 5.81. The fourth-order valence-electron chi connectivity index (χ4n) is 5.81. The predicted molar refractivity (Wildman–Crippen MR) is 172 cm³/mol. The second kappa shape index (κ2) is 30.6. The lowest BCUT2D eigenvalue weighted by Crippen LogP contribution is -2.30. The van der Waals surface area contributed by atoms with Gasteiger partial charge in [-0.1, -0.05) is 167 Å². The van der Waals surface area contributed by atoms with E-state index in [1.165, 1.54) is 116 Å². The largest absolute Gasteiger partial charge is 0.481 e. The fraction of sp³-hybridized carbons (Fsp3) is 0.889. The van der Waals surface area contributed by atoms with Crippen LogP contribution in [0.1, 0.15) is 194 Å². The maximum absolute atomic E-state index is 11.9. The van der Waals surface area contributed by atoms with Crippen LogP contribution in [0.15, 0.2) is 12.2 Å². The Balaban J connectivity index is 3.87. The Labute approximate surface area is 249 Å². The van der Waals surface area contributed by atoms with Gasteiger partial charge >= 0.3 is 11.9 Å². The molecule has 0 radical (unpaired) electrons. The van der Waals surface area contributed by atoms with Crippen molar-refractivity contribution in [2.45, 2.75) is 194 Å². The second-order valence-corrected chi connectivity index (χ2v) is 12.3. The predicted octanol–water partition coefficient (Wildman–Crippen LogP) is 11.9. The van der Waals surface area contributed by atoms with Gasteiger partial charge in [-0.2, -0.15) is 0 Å². The first-order valence-corrected chi connectivity index (χ1v) is 17.6. The maximum Gasteiger partial charge on any atom is 0.307 e. The summed E-state index contributed by atoms with van der Waals surface area (Å²) in [7, 11) is 0. The molecule has 2 unspecified atom stereocenters. The van der Waals surface area contributed by atoms with E-state index in [9.17, 15) is 19.8 Å². The molecule has 2 N–H and O–H groups in total. The zero-order valence-corrected chi connectivity index (χ0v) is 26.8. The number of unbranched alkanes of at least 4 members (excludes halogenated alkanes) is 23. The van der Waals surface area contributed by atoms with Gasteiger partial charge in [0.05, 0.1) is 11.8 Å². The molecule has 0 aliphatic rings. The Morgan fingerprint density at radius 1 is 0.425 bits per heavy atom. The Morgan fingerprint density at radius 2 is 0.675 bits per heavy atom. The van der Waals surface area contributed by atoms with Crippen molar-refractivity contribution in [1.82, 2.24) is 0 Å². The summed E-state index contributed by atoms with van der Waals surface area (Å²) >= 11 is 0. The molecule has 4 nitrogen and oxygen atoms in total. The standard InChI is InChI=1S/C36H68O4/c1-3-5-7-9-11-13-15-17-19-21-23-25-27-29-31-33(35(37)38)34(36(39)40)32-30-28-26-24-22-20-18-16-14-12-10-8-6-4-2/h17,19,33-34H,3-16,18,20-32H2,1-2H3,(H,37,38)(H,39,40)/b19-17-. The van der Waals surface area contributed by atoms with E-state index in [4.69, 9.17) is 0 Å². The summed E-state index contributed by atoms with van der Waals surface area (Å²) in [6, 6.07) is 0. The first kappa shape index (κ1) is 38.7. The van der Waals surface area contributed by atoms with Crippen LogP contribution in [0.4, 0.5) is 0 Å². The van der Waals surface area contributed by atoms with E-state index in [0.29, 0.717) is 12.8 Å². The lowest BCUT2D eigenvalue weighted by Gasteiger charge is -2.20. The van der Waals surface area contributed by atoms with E-state index >= 15 is 0 Å². The third kappa shape index (κ3) is 25.6. The first-order valence-electron chi connectivity index (χ1n) is 17.6. The molecule has 0 rings (SSSR count). The van der Waals surface area contributed by atoms with Crippen molar-refractivity contribution in [2.24, 2.45) is 11.8 Å². The molecule has 0 heterocycles. The summed E-state index contributed by atoms with van der Waals surface area (Å²) in [4.78, 5) is 23.8. The number of carboxylic acids is 2. The first-order chi connectivity index (χ1) is 19.5. The normalized spacial score (nSPS) is 13.2. The molecule has 0 aromatic carbocycles. The average molecular weight is 565 g/mol. The number of carbonyl (C=O) groups is 2. The van der Waals surface area contributed by atoms with Gasteiger partial charge in [-0.25, -0.2) is 0 Å². The number of allylic oxidation sites excluding steroid dienone is 2. The van der Waals surface area contributed by atoms with E-state index in [1.807, 2.05) is 0 Å². The molecule has 0 spiro atoms. The van der Waals surface area contributed by atoms with Crippen molar-refractivity contribution in [3.8, 4) is 0 Å².